The number of ketones is 1. The molecule has 1 atom stereocenters. The molecule has 1 unspecified atom stereocenters. The Morgan fingerprint density at radius 3 is 2.45 bits per heavy atom. The van der Waals surface area contributed by atoms with Crippen LogP contribution in [0.1, 0.15) is 39.0 Å². The molecule has 0 heterocycles. The first-order valence-corrected chi connectivity index (χ1v) is 4.15. The summed E-state index contributed by atoms with van der Waals surface area (Å²) in [5.41, 5.74) is 0. The third-order valence-corrected chi connectivity index (χ3v) is 1.78. The molecule has 0 N–H and O–H groups in total. The van der Waals surface area contributed by atoms with Crippen LogP contribution in [-0.4, -0.2) is 5.78 Å². The summed E-state index contributed by atoms with van der Waals surface area (Å²) in [5.74, 6) is 0.410. The van der Waals surface area contributed by atoms with Gasteiger partial charge in [-0.2, -0.15) is 0 Å². The minimum atomic E-state index is 0.117. The van der Waals surface area contributed by atoms with E-state index >= 15 is 0 Å². The summed E-state index contributed by atoms with van der Waals surface area (Å²) in [4.78, 5) is 11.2. The second kappa shape index (κ2) is 6.38. The molecule has 0 bridgehead atoms. The maximum absolute atomic E-state index is 11.2. The second-order valence-corrected chi connectivity index (χ2v) is 2.84. The molecule has 0 rings (SSSR count). The van der Waals surface area contributed by atoms with Crippen molar-refractivity contribution in [2.75, 3.05) is 0 Å². The quantitative estimate of drug-likeness (QED) is 0.571. The average Bonchev–Trinajstić information content (AvgIpc) is 2.00. The minimum absolute atomic E-state index is 0.117. The minimum Gasteiger partial charge on any atom is -0.299 e. The third-order valence-electron chi connectivity index (χ3n) is 1.78. The third kappa shape index (κ3) is 5.00. The van der Waals surface area contributed by atoms with E-state index in [0.717, 1.165) is 12.8 Å². The van der Waals surface area contributed by atoms with Crippen molar-refractivity contribution >= 4 is 5.78 Å². The number of hydrogen-bond acceptors (Lipinski definition) is 1. The van der Waals surface area contributed by atoms with Crippen LogP contribution in [0.3, 0.4) is 0 Å². The van der Waals surface area contributed by atoms with E-state index in [-0.39, 0.29) is 5.92 Å². The smallest absolute Gasteiger partial charge is 0.135 e. The van der Waals surface area contributed by atoms with Gasteiger partial charge in [0.25, 0.3) is 0 Å². The summed E-state index contributed by atoms with van der Waals surface area (Å²) in [6.07, 6.45) is 3.39. The molecule has 4 radical (unpaired) electrons. The van der Waals surface area contributed by atoms with Crippen molar-refractivity contribution in [2.45, 2.75) is 39.0 Å². The monoisotopic (exact) mass is 152 g/mol. The fourth-order valence-corrected chi connectivity index (χ4v) is 0.934. The average molecular weight is 152 g/mol. The van der Waals surface area contributed by atoms with Crippen LogP contribution in [0.25, 0.3) is 0 Å². The molecule has 0 aromatic rings. The molecule has 0 amide bonds. The fraction of sp³-hybridized carbons (Fsp3) is 0.700. The lowest BCUT2D eigenvalue weighted by molar-refractivity contribution is -0.122. The Labute approximate surface area is 70.2 Å². The molecule has 0 aromatic carbocycles. The maximum Gasteiger partial charge on any atom is 0.135 e. The Morgan fingerprint density at radius 1 is 1.36 bits per heavy atom. The molecule has 1 heteroatoms. The molecule has 0 saturated heterocycles. The van der Waals surface area contributed by atoms with E-state index in [2.05, 4.69) is 0 Å². The summed E-state index contributed by atoms with van der Waals surface area (Å²) in [7, 11) is 0. The van der Waals surface area contributed by atoms with Gasteiger partial charge in [-0.25, -0.2) is 0 Å². The van der Waals surface area contributed by atoms with Gasteiger partial charge in [0.1, 0.15) is 5.78 Å². The molecule has 11 heavy (non-hydrogen) atoms. The molecule has 0 aliphatic carbocycles. The molecule has 1 nitrogen and oxygen atoms in total. The van der Waals surface area contributed by atoms with E-state index in [1.165, 1.54) is 0 Å². The van der Waals surface area contributed by atoms with Gasteiger partial charge >= 0.3 is 0 Å². The number of carbonyl (C=O) groups excluding carboxylic acids is 1. The summed E-state index contributed by atoms with van der Waals surface area (Å²) in [6, 6.07) is 0. The largest absolute Gasteiger partial charge is 0.299 e. The van der Waals surface area contributed by atoms with Crippen LogP contribution in [0.5, 0.6) is 0 Å². The molecular weight excluding hydrogens is 136 g/mol. The lowest BCUT2D eigenvalue weighted by Gasteiger charge is -2.07. The van der Waals surface area contributed by atoms with E-state index in [1.807, 2.05) is 6.92 Å². The van der Waals surface area contributed by atoms with Gasteiger partial charge in [-0.1, -0.05) is 6.92 Å². The van der Waals surface area contributed by atoms with Gasteiger partial charge in [-0.3, -0.25) is 4.79 Å². The van der Waals surface area contributed by atoms with Crippen molar-refractivity contribution in [3.8, 4) is 0 Å². The molecule has 0 fully saturated rings. The number of unbranched alkanes of at least 4 members (excludes halogenated alkanes) is 1. The maximum atomic E-state index is 11.2. The van der Waals surface area contributed by atoms with E-state index in [0.29, 0.717) is 25.0 Å². The highest BCUT2D eigenvalue weighted by Crippen LogP contribution is 2.10. The van der Waals surface area contributed by atoms with Crippen molar-refractivity contribution in [3.05, 3.63) is 13.8 Å². The number of rotatable bonds is 6. The Balaban J connectivity index is 3.47. The first kappa shape index (κ1) is 10.7. The first-order chi connectivity index (χ1) is 5.22. The van der Waals surface area contributed by atoms with Crippen LogP contribution in [0.4, 0.5) is 0 Å². The van der Waals surface area contributed by atoms with E-state index in [9.17, 15) is 4.79 Å². The standard InChI is InChI=1S/C10H16O/c1-4-6-8-10(11)9(3)7-5-2/h1-2,9H,4-8H2,3H3. The lowest BCUT2D eigenvalue weighted by Crippen LogP contribution is -2.09. The van der Waals surface area contributed by atoms with Crippen LogP contribution >= 0.6 is 0 Å². The summed E-state index contributed by atoms with van der Waals surface area (Å²) in [5, 5.41) is 0. The van der Waals surface area contributed by atoms with Gasteiger partial charge in [0.2, 0.25) is 0 Å². The van der Waals surface area contributed by atoms with Crippen molar-refractivity contribution in [2.24, 2.45) is 5.92 Å². The van der Waals surface area contributed by atoms with E-state index in [4.69, 9.17) is 13.8 Å². The topological polar surface area (TPSA) is 17.1 Å². The Kier molecular flexibility index (Phi) is 6.19. The van der Waals surface area contributed by atoms with Crippen LogP contribution in [-0.2, 0) is 4.79 Å². The van der Waals surface area contributed by atoms with Gasteiger partial charge in [0, 0.05) is 12.3 Å². The second-order valence-electron chi connectivity index (χ2n) is 2.84. The highest BCUT2D eigenvalue weighted by atomic mass is 16.1. The molecule has 0 saturated carbocycles. The van der Waals surface area contributed by atoms with Crippen LogP contribution in [0.15, 0.2) is 0 Å². The summed E-state index contributed by atoms with van der Waals surface area (Å²) < 4.78 is 0. The van der Waals surface area contributed by atoms with Crippen LogP contribution in [0.2, 0.25) is 0 Å². The van der Waals surface area contributed by atoms with Crippen LogP contribution < -0.4 is 0 Å². The number of hydrogen-bond donors (Lipinski definition) is 0. The molecule has 0 spiro atoms. The molecular formula is C10H16O. The predicted octanol–water partition coefficient (Wildman–Crippen LogP) is 2.56. The number of Topliss-reactive ketones (excluding diaryl/α,β-unsaturated/α-hetero) is 1. The van der Waals surface area contributed by atoms with Crippen molar-refractivity contribution < 1.29 is 4.79 Å². The van der Waals surface area contributed by atoms with Gasteiger partial charge < -0.3 is 0 Å². The zero-order valence-corrected chi connectivity index (χ0v) is 7.18. The highest BCUT2D eigenvalue weighted by molar-refractivity contribution is 5.80. The first-order valence-electron chi connectivity index (χ1n) is 4.15. The van der Waals surface area contributed by atoms with E-state index in [1.54, 1.807) is 0 Å². The van der Waals surface area contributed by atoms with Crippen molar-refractivity contribution in [3.63, 3.8) is 0 Å². The Bertz CT molecular complexity index is 107. The molecule has 62 valence electrons. The fourth-order valence-electron chi connectivity index (χ4n) is 0.934. The highest BCUT2D eigenvalue weighted by Gasteiger charge is 2.09. The zero-order chi connectivity index (χ0) is 8.69. The SMILES string of the molecule is [CH]CCCC(=O)C(C)CC[CH]. The zero-order valence-electron chi connectivity index (χ0n) is 7.18. The molecule has 0 aliphatic heterocycles. The Morgan fingerprint density at radius 2 is 2.00 bits per heavy atom. The van der Waals surface area contributed by atoms with Crippen LogP contribution in [0, 0.1) is 19.8 Å². The Hall–Kier alpha value is -0.330. The van der Waals surface area contributed by atoms with Crippen molar-refractivity contribution in [1.29, 1.82) is 0 Å². The number of carbonyl (C=O) groups is 1. The van der Waals surface area contributed by atoms with Gasteiger partial charge in [-0.15, -0.1) is 0 Å². The van der Waals surface area contributed by atoms with Crippen molar-refractivity contribution in [1.82, 2.24) is 0 Å². The molecule has 0 aliphatic rings. The lowest BCUT2D eigenvalue weighted by atomic mass is 9.97. The summed E-state index contributed by atoms with van der Waals surface area (Å²) >= 11 is 0. The predicted molar refractivity (Wildman–Crippen MR) is 45.9 cm³/mol. The molecule has 0 aromatic heterocycles. The van der Waals surface area contributed by atoms with Gasteiger partial charge in [0.05, 0.1) is 0 Å². The van der Waals surface area contributed by atoms with Gasteiger partial charge in [0.15, 0.2) is 0 Å². The van der Waals surface area contributed by atoms with E-state index < -0.39 is 0 Å². The summed E-state index contributed by atoms with van der Waals surface area (Å²) in [6.45, 7) is 12.5. The van der Waals surface area contributed by atoms with Gasteiger partial charge in [-0.05, 0) is 39.5 Å². The normalized spacial score (nSPS) is 13.0.